The summed E-state index contributed by atoms with van der Waals surface area (Å²) in [6.45, 7) is 4.63. The Labute approximate surface area is 116 Å². The van der Waals surface area contributed by atoms with Crippen LogP contribution < -0.4 is 5.32 Å². The minimum atomic E-state index is 0.717. The lowest BCUT2D eigenvalue weighted by molar-refractivity contribution is 0.118. The molecule has 0 spiro atoms. The lowest BCUT2D eigenvalue weighted by Gasteiger charge is -2.06. The summed E-state index contributed by atoms with van der Waals surface area (Å²) in [5.41, 5.74) is 0. The summed E-state index contributed by atoms with van der Waals surface area (Å²) >= 11 is 0. The maximum absolute atomic E-state index is 8.47. The molecule has 19 heavy (non-hydrogen) atoms. The van der Waals surface area contributed by atoms with Gasteiger partial charge in [0.1, 0.15) is 0 Å². The highest BCUT2D eigenvalue weighted by molar-refractivity contribution is 5.50. The summed E-state index contributed by atoms with van der Waals surface area (Å²) in [6.07, 6.45) is 7.83. The van der Waals surface area contributed by atoms with E-state index in [0.29, 0.717) is 0 Å². The van der Waals surface area contributed by atoms with Gasteiger partial charge in [0.05, 0.1) is 26.1 Å². The highest BCUT2D eigenvalue weighted by Crippen LogP contribution is 1.93. The highest BCUT2D eigenvalue weighted by Gasteiger charge is 1.93. The van der Waals surface area contributed by atoms with Crippen molar-refractivity contribution < 1.29 is 19.1 Å². The number of ether oxygens (including phenoxy) is 2. The van der Waals surface area contributed by atoms with Gasteiger partial charge in [-0.15, -0.1) is 0 Å². The van der Waals surface area contributed by atoms with Crippen LogP contribution in [0.25, 0.3) is 0 Å². The van der Waals surface area contributed by atoms with Crippen molar-refractivity contribution >= 4 is 12.6 Å². The molecule has 3 N–H and O–H groups in total. The van der Waals surface area contributed by atoms with Crippen LogP contribution in [0.1, 0.15) is 38.5 Å². The van der Waals surface area contributed by atoms with Gasteiger partial charge in [-0.2, -0.15) is 0 Å². The Balaban J connectivity index is 2.91. The summed E-state index contributed by atoms with van der Waals surface area (Å²) < 4.78 is 10.9. The normalized spacial score (nSPS) is 10.5. The smallest absolute Gasteiger partial charge is 0.281 e. The van der Waals surface area contributed by atoms with Crippen molar-refractivity contribution in [3.8, 4) is 0 Å². The van der Waals surface area contributed by atoms with E-state index in [2.05, 4.69) is 5.32 Å². The topological polar surface area (TPSA) is 73.3 Å². The first-order valence-electron chi connectivity index (χ1n) is 7.19. The van der Waals surface area contributed by atoms with E-state index in [0.717, 1.165) is 78.0 Å². The molecule has 0 rings (SSSR count). The standard InChI is InChI=1S/C14H27NO4/c16-9-3-1-5-11-18-13-7-15-8-14-19-12-6-2-4-10-17/h9-10,15H,1-8,11-14H2/p+2. The Morgan fingerprint density at radius 3 is 1.58 bits per heavy atom. The summed E-state index contributed by atoms with van der Waals surface area (Å²) in [4.78, 5) is 16.9. The van der Waals surface area contributed by atoms with Crippen LogP contribution in [0, 0.1) is 0 Å². The van der Waals surface area contributed by atoms with Crippen molar-refractivity contribution in [2.75, 3.05) is 39.5 Å². The van der Waals surface area contributed by atoms with E-state index in [9.17, 15) is 0 Å². The molecular weight excluding hydrogens is 246 g/mol. The molecule has 0 saturated heterocycles. The predicted octanol–water partition coefficient (Wildman–Crippen LogP) is 1.30. The molecule has 0 bridgehead atoms. The van der Waals surface area contributed by atoms with Gasteiger partial charge in [-0.1, -0.05) is 0 Å². The van der Waals surface area contributed by atoms with Crippen LogP contribution in [-0.4, -0.2) is 61.7 Å². The largest absolute Gasteiger partial charge is 0.380 e. The van der Waals surface area contributed by atoms with Crippen molar-refractivity contribution in [1.29, 1.82) is 0 Å². The van der Waals surface area contributed by atoms with Crippen LogP contribution in [0.3, 0.4) is 0 Å². The van der Waals surface area contributed by atoms with Crippen molar-refractivity contribution in [3.63, 3.8) is 0 Å². The number of unbranched alkanes of at least 4 members (excludes halogenated alkanes) is 4. The molecule has 0 atom stereocenters. The molecule has 0 heterocycles. The molecule has 5 heteroatoms. The molecule has 0 aliphatic carbocycles. The van der Waals surface area contributed by atoms with Crippen LogP contribution >= 0.6 is 0 Å². The quantitative estimate of drug-likeness (QED) is 0.262. The Bertz CT molecular complexity index is 180. The molecule has 0 unspecified atom stereocenters. The molecule has 0 amide bonds. The van der Waals surface area contributed by atoms with E-state index in [1.54, 1.807) is 0 Å². The number of hydrogen-bond donors (Lipinski definition) is 1. The van der Waals surface area contributed by atoms with Gasteiger partial charge in [-0.05, 0) is 25.7 Å². The zero-order valence-electron chi connectivity index (χ0n) is 11.9. The van der Waals surface area contributed by atoms with Crippen molar-refractivity contribution in [2.24, 2.45) is 0 Å². The third-order valence-electron chi connectivity index (χ3n) is 2.59. The van der Waals surface area contributed by atoms with Crippen molar-refractivity contribution in [2.45, 2.75) is 38.5 Å². The van der Waals surface area contributed by atoms with Crippen LogP contribution in [0.2, 0.25) is 0 Å². The third kappa shape index (κ3) is 17.2. The van der Waals surface area contributed by atoms with Gasteiger partial charge in [0.2, 0.25) is 0 Å². The fraction of sp³-hybridized carbons (Fsp3) is 0.857. The zero-order valence-corrected chi connectivity index (χ0v) is 11.9. The van der Waals surface area contributed by atoms with Crippen LogP contribution in [-0.2, 0) is 9.47 Å². The van der Waals surface area contributed by atoms with E-state index < -0.39 is 0 Å². The van der Waals surface area contributed by atoms with Gasteiger partial charge in [0, 0.05) is 26.3 Å². The summed E-state index contributed by atoms with van der Waals surface area (Å²) in [7, 11) is 0. The third-order valence-corrected chi connectivity index (χ3v) is 2.59. The lowest BCUT2D eigenvalue weighted by Crippen LogP contribution is -2.24. The molecule has 0 saturated carbocycles. The van der Waals surface area contributed by atoms with Gasteiger partial charge < -0.3 is 14.8 Å². The van der Waals surface area contributed by atoms with E-state index in [1.807, 2.05) is 0 Å². The van der Waals surface area contributed by atoms with E-state index >= 15 is 0 Å². The highest BCUT2D eigenvalue weighted by atomic mass is 16.5. The lowest BCUT2D eigenvalue weighted by atomic mass is 10.3. The molecule has 0 aromatic rings. The zero-order chi connectivity index (χ0) is 14.0. The van der Waals surface area contributed by atoms with Gasteiger partial charge in [-0.3, -0.25) is 9.59 Å². The Kier molecular flexibility index (Phi) is 16.5. The number of aldehydes is 2. The average molecular weight is 275 g/mol. The van der Waals surface area contributed by atoms with Crippen LogP contribution in [0.15, 0.2) is 0 Å². The van der Waals surface area contributed by atoms with Gasteiger partial charge in [0.25, 0.3) is 12.6 Å². The van der Waals surface area contributed by atoms with E-state index in [1.165, 1.54) is 12.6 Å². The number of nitrogens with one attached hydrogen (secondary N) is 1. The second kappa shape index (κ2) is 17.2. The summed E-state index contributed by atoms with van der Waals surface area (Å²) in [5.74, 6) is 0. The molecule has 0 aromatic heterocycles. The molecule has 0 aromatic carbocycles. The second-order valence-corrected chi connectivity index (χ2v) is 4.33. The molecule has 0 aliphatic rings. The van der Waals surface area contributed by atoms with Crippen molar-refractivity contribution in [3.05, 3.63) is 0 Å². The number of rotatable bonds is 16. The van der Waals surface area contributed by atoms with Gasteiger partial charge >= 0.3 is 0 Å². The molecule has 5 nitrogen and oxygen atoms in total. The minimum Gasteiger partial charge on any atom is -0.380 e. The monoisotopic (exact) mass is 275 g/mol. The average Bonchev–Trinajstić information content (AvgIpc) is 2.43. The number of carbonyl (C=O) groups excluding carboxylic acids is 2. The van der Waals surface area contributed by atoms with Crippen molar-refractivity contribution in [1.82, 2.24) is 5.32 Å². The molecule has 0 aliphatic heterocycles. The maximum Gasteiger partial charge on any atom is 0.281 e. The van der Waals surface area contributed by atoms with Gasteiger partial charge in [-0.25, -0.2) is 0 Å². The first-order chi connectivity index (χ1) is 9.41. The van der Waals surface area contributed by atoms with Crippen LogP contribution in [0.5, 0.6) is 0 Å². The Morgan fingerprint density at radius 2 is 1.16 bits per heavy atom. The first-order valence-corrected chi connectivity index (χ1v) is 7.19. The predicted molar refractivity (Wildman–Crippen MR) is 78.2 cm³/mol. The van der Waals surface area contributed by atoms with E-state index in [-0.39, 0.29) is 0 Å². The van der Waals surface area contributed by atoms with Crippen LogP contribution in [0.4, 0.5) is 0 Å². The Hall–Kier alpha value is -0.780. The van der Waals surface area contributed by atoms with E-state index in [4.69, 9.17) is 19.1 Å². The first kappa shape index (κ1) is 18.2. The Morgan fingerprint density at radius 1 is 0.684 bits per heavy atom. The molecule has 112 valence electrons. The van der Waals surface area contributed by atoms with Gasteiger partial charge in [0.15, 0.2) is 0 Å². The maximum atomic E-state index is 8.47. The SMILES string of the molecule is [OH+]=CCCCCOCCNCCOCCCCC=[OH+]. The minimum absolute atomic E-state index is 0.717. The molecular formula is C14H29NO4+2. The second-order valence-electron chi connectivity index (χ2n) is 4.33. The number of hydrogen-bond acceptors (Lipinski definition) is 3. The molecule has 0 radical (unpaired) electrons. The summed E-state index contributed by atoms with van der Waals surface area (Å²) in [6, 6.07) is 0. The fourth-order valence-electron chi connectivity index (χ4n) is 1.50. The fourth-order valence-corrected chi connectivity index (χ4v) is 1.50. The molecule has 0 fully saturated rings. The summed E-state index contributed by atoms with van der Waals surface area (Å²) in [5, 5.41) is 3.25.